The number of anilines is 1. The van der Waals surface area contributed by atoms with Crippen molar-refractivity contribution in [2.45, 2.75) is 13.2 Å². The van der Waals surface area contributed by atoms with Gasteiger partial charge >= 0.3 is 0 Å². The second-order valence-electron chi connectivity index (χ2n) is 7.11. The maximum absolute atomic E-state index is 12.6. The molecule has 10 heteroatoms. The van der Waals surface area contributed by atoms with Gasteiger partial charge in [-0.05, 0) is 30.3 Å². The summed E-state index contributed by atoms with van der Waals surface area (Å²) in [4.78, 5) is 35.4. The summed E-state index contributed by atoms with van der Waals surface area (Å²) in [5.74, 6) is -0.697. The largest absolute Gasteiger partial charge is 0.446 e. The molecule has 0 unspecified atom stereocenters. The molecule has 0 spiro atoms. The Morgan fingerprint density at radius 2 is 1.85 bits per heavy atom. The number of hydrogen-bond donors (Lipinski definition) is 1. The fraction of sp³-hybridized carbons (Fsp3) is 0.0870. The fourth-order valence-corrected chi connectivity index (χ4v) is 3.49. The molecule has 2 amide bonds. The zero-order valence-corrected chi connectivity index (χ0v) is 18.0. The van der Waals surface area contributed by atoms with Crippen molar-refractivity contribution in [3.63, 3.8) is 0 Å². The number of nitro benzene ring substituents is 1. The molecule has 0 aromatic heterocycles. The summed E-state index contributed by atoms with van der Waals surface area (Å²) in [5.41, 5.74) is 1.57. The Kier molecular flexibility index (Phi) is 6.05. The van der Waals surface area contributed by atoms with Crippen molar-refractivity contribution in [1.29, 1.82) is 0 Å². The average molecular weight is 465 g/mol. The van der Waals surface area contributed by atoms with E-state index in [0.29, 0.717) is 27.4 Å². The van der Waals surface area contributed by atoms with Gasteiger partial charge in [-0.1, -0.05) is 41.9 Å². The number of nitro groups is 1. The molecule has 9 nitrogen and oxygen atoms in total. The van der Waals surface area contributed by atoms with Crippen LogP contribution in [0.2, 0.25) is 5.02 Å². The van der Waals surface area contributed by atoms with Crippen molar-refractivity contribution >= 4 is 40.7 Å². The van der Waals surface area contributed by atoms with Crippen molar-refractivity contribution in [1.82, 2.24) is 5.01 Å². The third-order valence-electron chi connectivity index (χ3n) is 4.82. The van der Waals surface area contributed by atoms with Crippen molar-refractivity contribution in [3.8, 4) is 0 Å². The van der Waals surface area contributed by atoms with Crippen LogP contribution in [0.4, 0.5) is 11.4 Å². The van der Waals surface area contributed by atoms with Crippen molar-refractivity contribution in [2.24, 2.45) is 5.10 Å². The van der Waals surface area contributed by atoms with Crippen LogP contribution < -0.4 is 5.32 Å². The van der Waals surface area contributed by atoms with Gasteiger partial charge in [0.25, 0.3) is 11.6 Å². The number of nitrogens with zero attached hydrogens (tertiary/aromatic N) is 3. The van der Waals surface area contributed by atoms with E-state index in [9.17, 15) is 19.7 Å². The molecule has 0 saturated heterocycles. The molecular formula is C23H17ClN4O5. The number of benzene rings is 3. The molecule has 33 heavy (non-hydrogen) atoms. The van der Waals surface area contributed by atoms with Gasteiger partial charge in [-0.15, -0.1) is 5.10 Å². The van der Waals surface area contributed by atoms with Crippen molar-refractivity contribution < 1.29 is 19.2 Å². The molecule has 1 N–H and O–H groups in total. The molecule has 0 radical (unpaired) electrons. The highest BCUT2D eigenvalue weighted by Crippen LogP contribution is 2.32. The van der Waals surface area contributed by atoms with Crippen LogP contribution in [0.3, 0.4) is 0 Å². The second kappa shape index (κ2) is 9.09. The molecule has 4 rings (SSSR count). The Morgan fingerprint density at radius 1 is 1.09 bits per heavy atom. The summed E-state index contributed by atoms with van der Waals surface area (Å²) < 4.78 is 5.90. The molecule has 1 aliphatic heterocycles. The van der Waals surface area contributed by atoms with Crippen LogP contribution in [-0.4, -0.2) is 27.6 Å². The first-order valence-electron chi connectivity index (χ1n) is 9.79. The van der Waals surface area contributed by atoms with Gasteiger partial charge in [-0.2, -0.15) is 5.01 Å². The van der Waals surface area contributed by atoms with Gasteiger partial charge in [0.1, 0.15) is 0 Å². The van der Waals surface area contributed by atoms with Gasteiger partial charge in [-0.3, -0.25) is 19.7 Å². The van der Waals surface area contributed by atoms with Crippen LogP contribution in [0, 0.1) is 10.1 Å². The zero-order valence-electron chi connectivity index (χ0n) is 17.3. The molecule has 3 aromatic carbocycles. The highest BCUT2D eigenvalue weighted by molar-refractivity contribution is 6.34. The molecule has 0 fully saturated rings. The summed E-state index contributed by atoms with van der Waals surface area (Å²) in [6, 6.07) is 19.2. The van der Waals surface area contributed by atoms with Crippen molar-refractivity contribution in [2.75, 3.05) is 5.32 Å². The van der Waals surface area contributed by atoms with E-state index in [0.717, 1.165) is 5.01 Å². The minimum absolute atomic E-state index is 0.0735. The van der Waals surface area contributed by atoms with Crippen LogP contribution in [-0.2, 0) is 9.53 Å². The van der Waals surface area contributed by atoms with Gasteiger partial charge in [-0.25, -0.2) is 0 Å². The number of hydrogen-bond acceptors (Lipinski definition) is 6. The smallest absolute Gasteiger partial charge is 0.270 e. The normalized spacial score (nSPS) is 14.9. The summed E-state index contributed by atoms with van der Waals surface area (Å²) in [5, 5.41) is 19.5. The lowest BCUT2D eigenvalue weighted by molar-refractivity contribution is -0.384. The van der Waals surface area contributed by atoms with Crippen LogP contribution >= 0.6 is 11.6 Å². The molecule has 1 atom stereocenters. The molecular weight excluding hydrogens is 448 g/mol. The summed E-state index contributed by atoms with van der Waals surface area (Å²) in [6.45, 7) is 1.33. The summed E-state index contributed by atoms with van der Waals surface area (Å²) in [6.07, 6.45) is -0.908. The molecule has 3 aromatic rings. The summed E-state index contributed by atoms with van der Waals surface area (Å²) in [7, 11) is 0. The van der Waals surface area contributed by atoms with Gasteiger partial charge in [0.05, 0.1) is 15.5 Å². The highest BCUT2D eigenvalue weighted by Gasteiger charge is 2.33. The minimum atomic E-state index is -0.908. The predicted molar refractivity (Wildman–Crippen MR) is 122 cm³/mol. The SMILES string of the molecule is CC(=O)N1N=C(c2cccc([N+](=O)[O-])c2)O[C@@H]1c1cccc(NC(=O)c2ccccc2Cl)c1. The number of carbonyl (C=O) groups is 2. The maximum Gasteiger partial charge on any atom is 0.270 e. The lowest BCUT2D eigenvalue weighted by Gasteiger charge is -2.20. The number of nitrogens with one attached hydrogen (secondary N) is 1. The number of hydrazone groups is 1. The first-order chi connectivity index (χ1) is 15.8. The Labute approximate surface area is 193 Å². The topological polar surface area (TPSA) is 114 Å². The quantitative estimate of drug-likeness (QED) is 0.432. The zero-order chi connectivity index (χ0) is 23.5. The number of rotatable bonds is 5. The number of halogens is 1. The monoisotopic (exact) mass is 464 g/mol. The fourth-order valence-electron chi connectivity index (χ4n) is 3.27. The third kappa shape index (κ3) is 4.68. The van der Waals surface area contributed by atoms with Crippen molar-refractivity contribution in [3.05, 3.63) is 105 Å². The molecule has 0 saturated carbocycles. The van der Waals surface area contributed by atoms with E-state index in [4.69, 9.17) is 16.3 Å². The number of amides is 2. The Balaban J connectivity index is 1.59. The second-order valence-corrected chi connectivity index (χ2v) is 7.51. The lowest BCUT2D eigenvalue weighted by atomic mass is 10.1. The average Bonchev–Trinajstić information content (AvgIpc) is 3.26. The van der Waals surface area contributed by atoms with Crippen LogP contribution in [0.15, 0.2) is 77.9 Å². The van der Waals surface area contributed by atoms with Gasteiger partial charge in [0.15, 0.2) is 0 Å². The molecule has 166 valence electrons. The number of ether oxygens (including phenoxy) is 1. The van der Waals surface area contributed by atoms with E-state index in [2.05, 4.69) is 10.4 Å². The molecule has 0 aliphatic carbocycles. The van der Waals surface area contributed by atoms with E-state index < -0.39 is 11.2 Å². The van der Waals surface area contributed by atoms with Crippen LogP contribution in [0.25, 0.3) is 0 Å². The van der Waals surface area contributed by atoms with E-state index >= 15 is 0 Å². The van der Waals surface area contributed by atoms with Gasteiger partial charge in [0.2, 0.25) is 18.0 Å². The molecule has 1 heterocycles. The number of carbonyl (C=O) groups excluding carboxylic acids is 2. The van der Waals surface area contributed by atoms with E-state index in [1.54, 1.807) is 54.6 Å². The number of non-ortho nitro benzene ring substituents is 1. The molecule has 1 aliphatic rings. The lowest BCUT2D eigenvalue weighted by Crippen LogP contribution is -2.25. The maximum atomic E-state index is 12.6. The van der Waals surface area contributed by atoms with E-state index in [-0.39, 0.29) is 23.4 Å². The minimum Gasteiger partial charge on any atom is -0.446 e. The Bertz CT molecular complexity index is 1290. The summed E-state index contributed by atoms with van der Waals surface area (Å²) >= 11 is 6.10. The first kappa shape index (κ1) is 22.0. The van der Waals surface area contributed by atoms with Gasteiger partial charge in [0, 0.05) is 35.9 Å². The van der Waals surface area contributed by atoms with Gasteiger partial charge < -0.3 is 10.1 Å². The Morgan fingerprint density at radius 3 is 2.58 bits per heavy atom. The third-order valence-corrected chi connectivity index (χ3v) is 5.15. The predicted octanol–water partition coefficient (Wildman–Crippen LogP) is 4.74. The standard InChI is InChI=1S/C23H17ClN4O5/c1-14(29)27-23(33-22(26-27)15-6-5-9-18(13-15)28(31)32)16-7-4-8-17(12-16)25-21(30)19-10-2-3-11-20(19)24/h2-13,23H,1H3,(H,25,30)/t23-/m1/s1. The van der Waals surface area contributed by atoms with E-state index in [1.165, 1.54) is 25.1 Å². The highest BCUT2D eigenvalue weighted by atomic mass is 35.5. The van der Waals surface area contributed by atoms with Crippen LogP contribution in [0.5, 0.6) is 0 Å². The Hall–Kier alpha value is -4.24. The van der Waals surface area contributed by atoms with E-state index in [1.807, 2.05) is 0 Å². The first-order valence-corrected chi connectivity index (χ1v) is 10.2. The molecule has 0 bridgehead atoms. The van der Waals surface area contributed by atoms with Crippen LogP contribution in [0.1, 0.15) is 34.6 Å².